The van der Waals surface area contributed by atoms with Crippen LogP contribution < -0.4 is 10.6 Å². The Morgan fingerprint density at radius 3 is 2.67 bits per heavy atom. The second-order valence-corrected chi connectivity index (χ2v) is 5.52. The Balaban J connectivity index is 0.00000288. The van der Waals surface area contributed by atoms with Crippen LogP contribution in [0.15, 0.2) is 41.9 Å². The van der Waals surface area contributed by atoms with Gasteiger partial charge in [0.05, 0.1) is 6.54 Å². The fourth-order valence-corrected chi connectivity index (χ4v) is 2.29. The van der Waals surface area contributed by atoms with Gasteiger partial charge < -0.3 is 15.2 Å². The van der Waals surface area contributed by atoms with Crippen LogP contribution in [0.25, 0.3) is 0 Å². The summed E-state index contributed by atoms with van der Waals surface area (Å²) >= 11 is 0. The van der Waals surface area contributed by atoms with E-state index in [1.54, 1.807) is 12.7 Å². The lowest BCUT2D eigenvalue weighted by Crippen LogP contribution is -2.37. The van der Waals surface area contributed by atoms with E-state index in [0.717, 1.165) is 38.4 Å². The molecule has 0 spiro atoms. The van der Waals surface area contributed by atoms with Crippen molar-refractivity contribution >= 4 is 29.9 Å². The zero-order valence-electron chi connectivity index (χ0n) is 14.4. The van der Waals surface area contributed by atoms with Gasteiger partial charge in [0.25, 0.3) is 0 Å². The molecule has 0 radical (unpaired) electrons. The minimum absolute atomic E-state index is 0. The van der Waals surface area contributed by atoms with E-state index >= 15 is 0 Å². The second-order valence-electron chi connectivity index (χ2n) is 5.52. The van der Waals surface area contributed by atoms with Crippen molar-refractivity contribution in [1.29, 1.82) is 0 Å². The van der Waals surface area contributed by atoms with E-state index in [-0.39, 0.29) is 24.0 Å². The predicted molar refractivity (Wildman–Crippen MR) is 109 cm³/mol. The summed E-state index contributed by atoms with van der Waals surface area (Å²) in [6.07, 6.45) is 5.66. The molecule has 0 aliphatic heterocycles. The monoisotopic (exact) mass is 442 g/mol. The topological polar surface area (TPSA) is 67.1 Å². The molecule has 132 valence electrons. The SMILES string of the molecule is CCNC(=NCc1cccc(C)c1)NCCCCn1cnnc1.I. The van der Waals surface area contributed by atoms with Crippen LogP contribution in [0.5, 0.6) is 0 Å². The molecule has 0 aliphatic rings. The number of benzene rings is 1. The summed E-state index contributed by atoms with van der Waals surface area (Å²) in [6, 6.07) is 8.46. The quantitative estimate of drug-likeness (QED) is 0.286. The highest BCUT2D eigenvalue weighted by atomic mass is 127. The summed E-state index contributed by atoms with van der Waals surface area (Å²) < 4.78 is 2.00. The molecule has 0 atom stereocenters. The van der Waals surface area contributed by atoms with Gasteiger partial charge in [-0.3, -0.25) is 0 Å². The van der Waals surface area contributed by atoms with Gasteiger partial charge in [-0.2, -0.15) is 0 Å². The Bertz CT molecular complexity index is 597. The molecule has 6 nitrogen and oxygen atoms in total. The lowest BCUT2D eigenvalue weighted by Gasteiger charge is -2.11. The molecule has 0 saturated heterocycles. The Kier molecular flexibility index (Phi) is 10.1. The number of rotatable bonds is 8. The molecule has 0 bridgehead atoms. The molecule has 7 heteroatoms. The standard InChI is InChI=1S/C17H26N6.HI/c1-3-18-17(20-12-16-8-6-7-15(2)11-16)19-9-4-5-10-23-13-21-22-14-23;/h6-8,11,13-14H,3-5,9-10,12H2,1-2H3,(H2,18,19,20);1H. The number of nitrogens with one attached hydrogen (secondary N) is 2. The van der Waals surface area contributed by atoms with E-state index in [0.29, 0.717) is 6.54 Å². The number of nitrogens with zero attached hydrogens (tertiary/aromatic N) is 4. The summed E-state index contributed by atoms with van der Waals surface area (Å²) in [7, 11) is 0. The molecule has 1 heterocycles. The maximum atomic E-state index is 4.64. The number of aryl methyl sites for hydroxylation is 2. The molecule has 24 heavy (non-hydrogen) atoms. The van der Waals surface area contributed by atoms with Crippen molar-refractivity contribution in [2.24, 2.45) is 4.99 Å². The highest BCUT2D eigenvalue weighted by molar-refractivity contribution is 14.0. The predicted octanol–water partition coefficient (Wildman–Crippen LogP) is 2.74. The van der Waals surface area contributed by atoms with Crippen LogP contribution in [0.1, 0.15) is 30.9 Å². The van der Waals surface area contributed by atoms with Crippen molar-refractivity contribution in [1.82, 2.24) is 25.4 Å². The summed E-state index contributed by atoms with van der Waals surface area (Å²) in [6.45, 7) is 7.59. The first-order valence-electron chi connectivity index (χ1n) is 8.18. The molecule has 0 unspecified atom stereocenters. The minimum Gasteiger partial charge on any atom is -0.357 e. The van der Waals surface area contributed by atoms with Crippen LogP contribution >= 0.6 is 24.0 Å². The Morgan fingerprint density at radius 2 is 1.96 bits per heavy atom. The average Bonchev–Trinajstić information content (AvgIpc) is 3.05. The molecule has 0 saturated carbocycles. The first kappa shape index (κ1) is 20.4. The number of aromatic nitrogens is 3. The lowest BCUT2D eigenvalue weighted by molar-refractivity contribution is 0.598. The largest absolute Gasteiger partial charge is 0.357 e. The third-order valence-electron chi connectivity index (χ3n) is 3.45. The van der Waals surface area contributed by atoms with Crippen LogP contribution in [0, 0.1) is 6.92 Å². The molecule has 0 amide bonds. The smallest absolute Gasteiger partial charge is 0.191 e. The van der Waals surface area contributed by atoms with Crippen LogP contribution in [-0.4, -0.2) is 33.8 Å². The summed E-state index contributed by atoms with van der Waals surface area (Å²) in [4.78, 5) is 4.64. The van der Waals surface area contributed by atoms with E-state index in [1.807, 2.05) is 4.57 Å². The van der Waals surface area contributed by atoms with Gasteiger partial charge in [-0.1, -0.05) is 29.8 Å². The van der Waals surface area contributed by atoms with Crippen molar-refractivity contribution < 1.29 is 0 Å². The highest BCUT2D eigenvalue weighted by Crippen LogP contribution is 2.05. The fraction of sp³-hybridized carbons (Fsp3) is 0.471. The normalized spacial score (nSPS) is 11.0. The van der Waals surface area contributed by atoms with Gasteiger partial charge in [0, 0.05) is 19.6 Å². The van der Waals surface area contributed by atoms with Gasteiger partial charge >= 0.3 is 0 Å². The van der Waals surface area contributed by atoms with Crippen LogP contribution in [0.2, 0.25) is 0 Å². The molecule has 0 fully saturated rings. The first-order valence-corrected chi connectivity index (χ1v) is 8.18. The molecule has 2 rings (SSSR count). The fourth-order valence-electron chi connectivity index (χ4n) is 2.29. The Labute approximate surface area is 161 Å². The van der Waals surface area contributed by atoms with Crippen molar-refractivity contribution in [3.05, 3.63) is 48.0 Å². The van der Waals surface area contributed by atoms with Gasteiger partial charge in [-0.15, -0.1) is 34.2 Å². The van der Waals surface area contributed by atoms with Crippen LogP contribution in [-0.2, 0) is 13.1 Å². The third kappa shape index (κ3) is 7.76. The molecular formula is C17H27IN6. The summed E-state index contributed by atoms with van der Waals surface area (Å²) in [5.74, 6) is 0.873. The van der Waals surface area contributed by atoms with E-state index < -0.39 is 0 Å². The van der Waals surface area contributed by atoms with Crippen molar-refractivity contribution in [3.8, 4) is 0 Å². The molecular weight excluding hydrogens is 415 g/mol. The number of unbranched alkanes of at least 4 members (excludes halogenated alkanes) is 1. The third-order valence-corrected chi connectivity index (χ3v) is 3.45. The van der Waals surface area contributed by atoms with E-state index in [9.17, 15) is 0 Å². The number of hydrogen-bond acceptors (Lipinski definition) is 3. The number of aliphatic imine (C=N–C) groups is 1. The van der Waals surface area contributed by atoms with Crippen LogP contribution in [0.3, 0.4) is 0 Å². The van der Waals surface area contributed by atoms with Gasteiger partial charge in [0.1, 0.15) is 12.7 Å². The molecule has 1 aromatic heterocycles. The van der Waals surface area contributed by atoms with Crippen molar-refractivity contribution in [2.75, 3.05) is 13.1 Å². The molecule has 2 N–H and O–H groups in total. The lowest BCUT2D eigenvalue weighted by atomic mass is 10.1. The number of halogens is 1. The van der Waals surface area contributed by atoms with Crippen molar-refractivity contribution in [2.45, 2.75) is 39.8 Å². The van der Waals surface area contributed by atoms with Gasteiger partial charge in [0.2, 0.25) is 0 Å². The number of guanidine groups is 1. The Hall–Kier alpha value is -1.64. The maximum absolute atomic E-state index is 4.64. The highest BCUT2D eigenvalue weighted by Gasteiger charge is 1.98. The Morgan fingerprint density at radius 1 is 1.17 bits per heavy atom. The van der Waals surface area contributed by atoms with E-state index in [2.05, 4.69) is 63.9 Å². The van der Waals surface area contributed by atoms with Gasteiger partial charge in [0.15, 0.2) is 5.96 Å². The van der Waals surface area contributed by atoms with Crippen molar-refractivity contribution in [3.63, 3.8) is 0 Å². The first-order chi connectivity index (χ1) is 11.3. The minimum atomic E-state index is 0. The molecule has 1 aromatic carbocycles. The molecule has 0 aliphatic carbocycles. The van der Waals surface area contributed by atoms with E-state index in [4.69, 9.17) is 0 Å². The summed E-state index contributed by atoms with van der Waals surface area (Å²) in [5.41, 5.74) is 2.50. The van der Waals surface area contributed by atoms with Gasteiger partial charge in [-0.05, 0) is 32.3 Å². The van der Waals surface area contributed by atoms with E-state index in [1.165, 1.54) is 11.1 Å². The summed E-state index contributed by atoms with van der Waals surface area (Å²) in [5, 5.41) is 14.3. The molecule has 2 aromatic rings. The van der Waals surface area contributed by atoms with Gasteiger partial charge in [-0.25, -0.2) is 4.99 Å². The second kappa shape index (κ2) is 11.8. The van der Waals surface area contributed by atoms with Crippen LogP contribution in [0.4, 0.5) is 0 Å². The average molecular weight is 442 g/mol. The number of hydrogen-bond donors (Lipinski definition) is 2. The maximum Gasteiger partial charge on any atom is 0.191 e. The zero-order chi connectivity index (χ0) is 16.3. The zero-order valence-corrected chi connectivity index (χ0v) is 16.7.